The van der Waals surface area contributed by atoms with Crippen molar-refractivity contribution in [2.24, 2.45) is 5.41 Å². The molecule has 5 nitrogen and oxygen atoms in total. The molecule has 208 valence electrons. The van der Waals surface area contributed by atoms with Crippen LogP contribution in [0.2, 0.25) is 5.02 Å². The summed E-state index contributed by atoms with van der Waals surface area (Å²) in [5, 5.41) is 5.49. The molecular weight excluding hydrogens is 548 g/mol. The Morgan fingerprint density at radius 2 is 1.73 bits per heavy atom. The van der Waals surface area contributed by atoms with Crippen LogP contribution in [0.4, 0.5) is 14.5 Å². The summed E-state index contributed by atoms with van der Waals surface area (Å²) in [5.41, 5.74) is 3.96. The van der Waals surface area contributed by atoms with Crippen LogP contribution >= 0.6 is 11.6 Å². The van der Waals surface area contributed by atoms with Crippen LogP contribution in [0.1, 0.15) is 54.2 Å². The number of rotatable bonds is 4. The Morgan fingerprint density at radius 1 is 0.976 bits per heavy atom. The average molecular weight is 574 g/mol. The first-order valence-electron chi connectivity index (χ1n) is 13.2. The van der Waals surface area contributed by atoms with Crippen LogP contribution in [0.5, 0.6) is 11.5 Å². The molecule has 1 N–H and O–H groups in total. The number of carbonyl (C=O) groups is 2. The van der Waals surface area contributed by atoms with Crippen molar-refractivity contribution in [3.05, 3.63) is 106 Å². The van der Waals surface area contributed by atoms with Crippen LogP contribution < -0.4 is 14.8 Å². The van der Waals surface area contributed by atoms with E-state index < -0.39 is 23.6 Å². The molecule has 1 aliphatic carbocycles. The van der Waals surface area contributed by atoms with Gasteiger partial charge in [-0.2, -0.15) is 0 Å². The minimum absolute atomic E-state index is 0.0644. The van der Waals surface area contributed by atoms with Gasteiger partial charge in [0, 0.05) is 23.2 Å². The van der Waals surface area contributed by atoms with E-state index in [9.17, 15) is 18.4 Å². The third-order valence-electron chi connectivity index (χ3n) is 7.69. The molecule has 1 aliphatic heterocycles. The molecule has 0 radical (unpaired) electrons. The summed E-state index contributed by atoms with van der Waals surface area (Å²) >= 11 is 5.96. The summed E-state index contributed by atoms with van der Waals surface area (Å²) in [6.07, 6.45) is 1.17. The largest absolute Gasteiger partial charge is 0.493 e. The number of esters is 1. The van der Waals surface area contributed by atoms with Crippen LogP contribution in [-0.4, -0.2) is 18.9 Å². The maximum Gasteiger partial charge on any atom is 0.345 e. The summed E-state index contributed by atoms with van der Waals surface area (Å²) in [7, 11) is 1.43. The lowest BCUT2D eigenvalue weighted by atomic mass is 9.68. The van der Waals surface area contributed by atoms with Gasteiger partial charge in [0.1, 0.15) is 0 Å². The Balaban J connectivity index is 1.42. The van der Waals surface area contributed by atoms with Crippen molar-refractivity contribution >= 4 is 45.4 Å². The fourth-order valence-corrected chi connectivity index (χ4v) is 6.10. The van der Waals surface area contributed by atoms with Crippen LogP contribution in [-0.2, 0) is 4.79 Å². The number of methoxy groups -OCH3 is 1. The normalized spacial score (nSPS) is 17.5. The van der Waals surface area contributed by atoms with Crippen molar-refractivity contribution in [3.8, 4) is 11.5 Å². The lowest BCUT2D eigenvalue weighted by Gasteiger charge is -2.40. The standard InChI is InChI=1S/C33H26ClF2NO4/c1-33(2)15-21-29-19-7-5-4-6-17(19)8-10-25(29)37-31(30(21)26(38)16-33)18-9-11-27(28(12-18)40-3)41-32(39)20-13-23(35)24(36)14-22(20)34/h4-14,31,37H,15-16H2,1-3H3/t31-/m0/s1. The van der Waals surface area contributed by atoms with Gasteiger partial charge < -0.3 is 14.8 Å². The Kier molecular flexibility index (Phi) is 6.57. The molecule has 0 spiro atoms. The molecule has 0 fully saturated rings. The monoisotopic (exact) mass is 573 g/mol. The van der Waals surface area contributed by atoms with Gasteiger partial charge in [-0.05, 0) is 64.1 Å². The maximum atomic E-state index is 13.8. The molecule has 0 aromatic heterocycles. The van der Waals surface area contributed by atoms with E-state index in [4.69, 9.17) is 21.1 Å². The highest BCUT2D eigenvalue weighted by atomic mass is 35.5. The van der Waals surface area contributed by atoms with E-state index in [0.29, 0.717) is 18.1 Å². The summed E-state index contributed by atoms with van der Waals surface area (Å²) in [6.45, 7) is 4.23. The first-order chi connectivity index (χ1) is 19.6. The SMILES string of the molecule is COc1cc([C@@H]2Nc3ccc4ccccc4c3C3=C2C(=O)CC(C)(C)C3)ccc1OC(=O)c1cc(F)c(F)cc1Cl. The van der Waals surface area contributed by atoms with Crippen molar-refractivity contribution in [2.45, 2.75) is 32.7 Å². The molecule has 8 heteroatoms. The number of allylic oxidation sites excluding steroid dienone is 1. The molecule has 1 heterocycles. The minimum atomic E-state index is -1.22. The maximum absolute atomic E-state index is 13.8. The van der Waals surface area contributed by atoms with E-state index >= 15 is 0 Å². The molecule has 0 bridgehead atoms. The Morgan fingerprint density at radius 3 is 2.51 bits per heavy atom. The molecule has 4 aromatic carbocycles. The van der Waals surface area contributed by atoms with Gasteiger partial charge in [-0.3, -0.25) is 4.79 Å². The smallest absolute Gasteiger partial charge is 0.345 e. The summed E-state index contributed by atoms with van der Waals surface area (Å²) in [5.74, 6) is -2.98. The van der Waals surface area contributed by atoms with Gasteiger partial charge in [0.25, 0.3) is 0 Å². The van der Waals surface area contributed by atoms with Crippen molar-refractivity contribution in [3.63, 3.8) is 0 Å². The van der Waals surface area contributed by atoms with Crippen LogP contribution in [0.3, 0.4) is 0 Å². The third-order valence-corrected chi connectivity index (χ3v) is 8.01. The van der Waals surface area contributed by atoms with Crippen molar-refractivity contribution in [1.29, 1.82) is 0 Å². The third kappa shape index (κ3) is 4.74. The number of halogens is 3. The van der Waals surface area contributed by atoms with Crippen molar-refractivity contribution in [2.75, 3.05) is 12.4 Å². The van der Waals surface area contributed by atoms with Gasteiger partial charge in [0.15, 0.2) is 28.9 Å². The number of ether oxygens (including phenoxy) is 2. The highest BCUT2D eigenvalue weighted by molar-refractivity contribution is 6.33. The van der Waals surface area contributed by atoms with E-state index in [2.05, 4.69) is 37.4 Å². The second-order valence-corrected chi connectivity index (χ2v) is 11.6. The van der Waals surface area contributed by atoms with Gasteiger partial charge in [0.2, 0.25) is 0 Å². The van der Waals surface area contributed by atoms with Crippen LogP contribution in [0.25, 0.3) is 16.3 Å². The lowest BCUT2D eigenvalue weighted by molar-refractivity contribution is -0.118. The van der Waals surface area contributed by atoms with Gasteiger partial charge in [-0.1, -0.05) is 61.8 Å². The molecule has 0 amide bonds. The quantitative estimate of drug-likeness (QED) is 0.151. The highest BCUT2D eigenvalue weighted by Crippen LogP contribution is 2.52. The number of Topliss-reactive ketones (excluding diaryl/α,β-unsaturated/α-hetero) is 1. The fourth-order valence-electron chi connectivity index (χ4n) is 5.87. The zero-order chi connectivity index (χ0) is 29.1. The zero-order valence-corrected chi connectivity index (χ0v) is 23.4. The number of ketones is 1. The zero-order valence-electron chi connectivity index (χ0n) is 22.6. The summed E-state index contributed by atoms with van der Waals surface area (Å²) in [6, 6.07) is 18.2. The van der Waals surface area contributed by atoms with Gasteiger partial charge in [-0.25, -0.2) is 13.6 Å². The van der Waals surface area contributed by atoms with E-state index in [0.717, 1.165) is 45.6 Å². The number of carbonyl (C=O) groups excluding carboxylic acids is 2. The second kappa shape index (κ2) is 10.00. The molecule has 2 aliphatic rings. The Hall–Kier alpha value is -4.23. The molecule has 41 heavy (non-hydrogen) atoms. The number of anilines is 1. The Labute approximate surface area is 240 Å². The van der Waals surface area contributed by atoms with Gasteiger partial charge in [0.05, 0.1) is 23.7 Å². The predicted octanol–water partition coefficient (Wildman–Crippen LogP) is 8.31. The molecular formula is C33H26ClF2NO4. The van der Waals surface area contributed by atoms with E-state index in [1.165, 1.54) is 7.11 Å². The van der Waals surface area contributed by atoms with E-state index in [1.54, 1.807) is 18.2 Å². The second-order valence-electron chi connectivity index (χ2n) is 11.2. The molecule has 0 unspecified atom stereocenters. The molecule has 6 rings (SSSR count). The van der Waals surface area contributed by atoms with Gasteiger partial charge >= 0.3 is 5.97 Å². The number of hydrogen-bond donors (Lipinski definition) is 1. The lowest BCUT2D eigenvalue weighted by Crippen LogP contribution is -2.33. The fraction of sp³-hybridized carbons (Fsp3) is 0.212. The number of benzene rings is 4. The van der Waals surface area contributed by atoms with Crippen LogP contribution in [0.15, 0.2) is 72.3 Å². The molecule has 0 saturated heterocycles. The van der Waals surface area contributed by atoms with E-state index in [1.807, 2.05) is 18.2 Å². The highest BCUT2D eigenvalue weighted by Gasteiger charge is 2.41. The topological polar surface area (TPSA) is 64.6 Å². The first-order valence-corrected chi connectivity index (χ1v) is 13.5. The summed E-state index contributed by atoms with van der Waals surface area (Å²) in [4.78, 5) is 26.5. The van der Waals surface area contributed by atoms with Crippen LogP contribution in [0, 0.1) is 17.0 Å². The first kappa shape index (κ1) is 27.0. The number of fused-ring (bicyclic) bond motifs is 4. The molecule has 4 aromatic rings. The number of hydrogen-bond acceptors (Lipinski definition) is 5. The van der Waals surface area contributed by atoms with Crippen molar-refractivity contribution in [1.82, 2.24) is 0 Å². The number of nitrogens with one attached hydrogen (secondary N) is 1. The van der Waals surface area contributed by atoms with Crippen molar-refractivity contribution < 1.29 is 27.8 Å². The summed E-state index contributed by atoms with van der Waals surface area (Å²) < 4.78 is 38.2. The average Bonchev–Trinajstić information content (AvgIpc) is 2.93. The Bertz CT molecular complexity index is 1800. The molecule has 1 atom stereocenters. The van der Waals surface area contributed by atoms with Gasteiger partial charge in [-0.15, -0.1) is 0 Å². The molecule has 0 saturated carbocycles. The van der Waals surface area contributed by atoms with E-state index in [-0.39, 0.29) is 33.3 Å². The minimum Gasteiger partial charge on any atom is -0.493 e. The predicted molar refractivity (Wildman–Crippen MR) is 155 cm³/mol.